The van der Waals surface area contributed by atoms with E-state index >= 15 is 0 Å². The maximum Gasteiger partial charge on any atom is 0.420 e. The van der Waals surface area contributed by atoms with Crippen LogP contribution in [-0.4, -0.2) is 89.2 Å². The fraction of sp³-hybridized carbons (Fsp3) is 0.391. The number of nitrogens with one attached hydrogen (secondary N) is 1. The third-order valence-electron chi connectivity index (χ3n) is 6.50. The second-order valence-electron chi connectivity index (χ2n) is 9.84. The zero-order valence-corrected chi connectivity index (χ0v) is 22.2. The molecule has 2 saturated heterocycles. The molecule has 3 amide bonds. The van der Waals surface area contributed by atoms with Crippen molar-refractivity contribution in [2.45, 2.75) is 23.2 Å². The third-order valence-corrected chi connectivity index (χ3v) is 6.84. The molecule has 2 aromatic carbocycles. The molecule has 2 heterocycles. The number of alkyl halides is 6. The Morgan fingerprint density at radius 2 is 1.70 bits per heavy atom. The Morgan fingerprint density at radius 1 is 1.07 bits per heavy atom. The number of halogens is 9. The summed E-state index contributed by atoms with van der Waals surface area (Å²) in [5.74, 6) is -4.63. The number of hydrogen-bond acceptors (Lipinski definition) is 5. The van der Waals surface area contributed by atoms with Crippen molar-refractivity contribution in [3.63, 3.8) is 0 Å². The van der Waals surface area contributed by atoms with Crippen LogP contribution in [0.1, 0.15) is 11.1 Å². The van der Waals surface area contributed by atoms with Crippen LogP contribution in [0.15, 0.2) is 24.3 Å². The first-order chi connectivity index (χ1) is 19.6. The molecule has 43 heavy (non-hydrogen) atoms. The molecule has 2 fully saturated rings. The molecule has 0 bridgehead atoms. The summed E-state index contributed by atoms with van der Waals surface area (Å²) in [5, 5.41) is 8.98. The smallest absolute Gasteiger partial charge is 0.407 e. The van der Waals surface area contributed by atoms with Crippen LogP contribution in [0.4, 0.5) is 56.1 Å². The molecule has 0 atom stereocenters. The molecule has 0 aromatic heterocycles. The maximum absolute atomic E-state index is 14.8. The van der Waals surface area contributed by atoms with Gasteiger partial charge in [0.25, 0.3) is 0 Å². The van der Waals surface area contributed by atoms with Gasteiger partial charge >= 0.3 is 24.5 Å². The number of anilines is 2. The molecular formula is C23H16B3ClF8N4O4. The van der Waals surface area contributed by atoms with Crippen LogP contribution < -0.4 is 19.9 Å². The number of hydrogen-bond donors (Lipinski definition) is 2. The Balaban J connectivity index is 1.85. The highest BCUT2D eigenvalue weighted by atomic mass is 35.5. The molecule has 0 saturated carbocycles. The maximum atomic E-state index is 14.8. The van der Waals surface area contributed by atoms with E-state index in [-0.39, 0.29) is 43.2 Å². The molecule has 2 aliphatic rings. The number of nitrogens with zero attached hydrogens (tertiary/aromatic N) is 3. The molecular weight excluding hydrogens is 616 g/mol. The van der Waals surface area contributed by atoms with Crippen molar-refractivity contribution in [2.75, 3.05) is 42.5 Å². The van der Waals surface area contributed by atoms with Crippen molar-refractivity contribution >= 4 is 58.6 Å². The topological polar surface area (TPSA) is 85.3 Å². The summed E-state index contributed by atoms with van der Waals surface area (Å²) < 4.78 is 117. The second-order valence-corrected chi connectivity index (χ2v) is 10.2. The molecule has 0 spiro atoms. The van der Waals surface area contributed by atoms with Crippen LogP contribution in [0, 0.1) is 11.6 Å². The van der Waals surface area contributed by atoms with Gasteiger partial charge in [-0.1, -0.05) is 16.8 Å². The SMILES string of the molecule is [B]C([B])([B])N(C(=O)Oc1c(N2CCN(CC3(O)CNC3)C2=O)cc(C(F)(F)F)cc1C(F)(F)F)c1ccc(F)c(Cl)c1F. The van der Waals surface area contributed by atoms with Gasteiger partial charge in [0, 0.05) is 26.2 Å². The van der Waals surface area contributed by atoms with Crippen LogP contribution >= 0.6 is 11.6 Å². The average Bonchev–Trinajstić information content (AvgIpc) is 3.20. The molecule has 2 aromatic rings. The van der Waals surface area contributed by atoms with Crippen LogP contribution in [0.3, 0.4) is 0 Å². The first kappa shape index (κ1) is 32.7. The highest BCUT2D eigenvalue weighted by Crippen LogP contribution is 2.47. The Morgan fingerprint density at radius 3 is 2.21 bits per heavy atom. The van der Waals surface area contributed by atoms with Crippen molar-refractivity contribution in [2.24, 2.45) is 0 Å². The Labute approximate surface area is 247 Å². The Bertz CT molecular complexity index is 1450. The lowest BCUT2D eigenvalue weighted by Gasteiger charge is -2.40. The van der Waals surface area contributed by atoms with Gasteiger partial charge in [-0.25, -0.2) is 18.4 Å². The summed E-state index contributed by atoms with van der Waals surface area (Å²) in [6.45, 7) is -0.911. The van der Waals surface area contributed by atoms with Crippen molar-refractivity contribution in [3.05, 3.63) is 52.0 Å². The zero-order valence-electron chi connectivity index (χ0n) is 21.5. The van der Waals surface area contributed by atoms with Gasteiger partial charge in [-0.2, -0.15) is 26.3 Å². The number of urea groups is 1. The quantitative estimate of drug-likeness (QED) is 0.290. The monoisotopic (exact) mass is 632 g/mol. The molecule has 4 rings (SSSR count). The van der Waals surface area contributed by atoms with Gasteiger partial charge < -0.3 is 20.1 Å². The molecule has 20 heteroatoms. The average molecular weight is 632 g/mol. The lowest BCUT2D eigenvalue weighted by Crippen LogP contribution is -2.64. The van der Waals surface area contributed by atoms with E-state index in [0.29, 0.717) is 17.0 Å². The van der Waals surface area contributed by atoms with Crippen molar-refractivity contribution in [3.8, 4) is 5.75 Å². The Hall–Kier alpha value is -3.18. The minimum Gasteiger partial charge on any atom is -0.407 e. The number of carbonyl (C=O) groups excluding carboxylic acids is 2. The standard InChI is InChI=1S/C23H16B3ClF8N4O4/c24-23(25,26)39(13-2-1-12(28)15(27)16(13)29)19(41)43-17-11(22(33,34)35)5-10(21(30,31)32)6-14(17)38-4-3-37(18(38)40)9-20(42)7-36-8-20/h1-2,5-6,36,42H,3-4,7-9H2. The molecule has 2 aliphatic heterocycles. The van der Waals surface area contributed by atoms with Crippen molar-refractivity contribution in [1.29, 1.82) is 0 Å². The van der Waals surface area contributed by atoms with E-state index in [9.17, 15) is 49.8 Å². The largest absolute Gasteiger partial charge is 0.420 e. The molecule has 2 N–H and O–H groups in total. The fourth-order valence-electron chi connectivity index (χ4n) is 4.42. The second kappa shape index (κ2) is 11.1. The molecule has 0 aliphatic carbocycles. The van der Waals surface area contributed by atoms with Crippen molar-refractivity contribution in [1.82, 2.24) is 10.2 Å². The number of amides is 3. The molecule has 8 nitrogen and oxygen atoms in total. The highest BCUT2D eigenvalue weighted by Gasteiger charge is 2.46. The number of carbonyl (C=O) groups is 2. The number of β-amino-alcohol motifs (C(OH)–C–C–N with tert-alkyl or cyclic N) is 1. The van der Waals surface area contributed by atoms with Gasteiger partial charge in [0.15, 0.2) is 11.6 Å². The van der Waals surface area contributed by atoms with Crippen LogP contribution in [0.5, 0.6) is 5.75 Å². The predicted molar refractivity (Wildman–Crippen MR) is 138 cm³/mol. The lowest BCUT2D eigenvalue weighted by molar-refractivity contribution is -0.143. The van der Waals surface area contributed by atoms with E-state index in [1.807, 2.05) is 0 Å². The van der Waals surface area contributed by atoms with Gasteiger partial charge in [0.1, 0.15) is 22.0 Å². The van der Waals surface area contributed by atoms with Crippen LogP contribution in [0.2, 0.25) is 5.02 Å². The van der Waals surface area contributed by atoms with Gasteiger partial charge in [-0.05, 0) is 24.3 Å². The number of aliphatic hydroxyl groups is 1. The number of ether oxygens (including phenoxy) is 1. The van der Waals surface area contributed by atoms with Gasteiger partial charge in [0.2, 0.25) is 0 Å². The highest BCUT2D eigenvalue weighted by molar-refractivity contribution is 6.62. The van der Waals surface area contributed by atoms with Gasteiger partial charge in [0.05, 0.1) is 47.0 Å². The molecule has 0 unspecified atom stereocenters. The first-order valence-corrected chi connectivity index (χ1v) is 12.4. The van der Waals surface area contributed by atoms with Crippen LogP contribution in [0.25, 0.3) is 0 Å². The van der Waals surface area contributed by atoms with E-state index in [4.69, 9.17) is 39.9 Å². The van der Waals surface area contributed by atoms with Gasteiger partial charge in [-0.15, -0.1) is 0 Å². The summed E-state index contributed by atoms with van der Waals surface area (Å²) in [7, 11) is 16.5. The fourth-order valence-corrected chi connectivity index (χ4v) is 4.58. The van der Waals surface area contributed by atoms with E-state index in [0.717, 1.165) is 4.90 Å². The summed E-state index contributed by atoms with van der Waals surface area (Å²) >= 11 is 5.51. The molecule has 224 valence electrons. The Kier molecular flexibility index (Phi) is 8.43. The minimum absolute atomic E-state index is 0.0697. The predicted octanol–water partition coefficient (Wildman–Crippen LogP) is 3.35. The summed E-state index contributed by atoms with van der Waals surface area (Å²) in [4.78, 5) is 27.7. The van der Waals surface area contributed by atoms with Crippen LogP contribution in [-0.2, 0) is 12.4 Å². The summed E-state index contributed by atoms with van der Waals surface area (Å²) in [6.07, 6.45) is -13.1. The third kappa shape index (κ3) is 6.53. The number of rotatable bonds is 6. The van der Waals surface area contributed by atoms with E-state index in [2.05, 4.69) is 5.32 Å². The van der Waals surface area contributed by atoms with Crippen molar-refractivity contribution < 1.29 is 54.6 Å². The van der Waals surface area contributed by atoms with E-state index < -0.39 is 86.8 Å². The molecule has 6 radical (unpaired) electrons. The minimum atomic E-state index is -5.62. The first-order valence-electron chi connectivity index (χ1n) is 12.0. The number of benzene rings is 2. The normalized spacial score (nSPS) is 17.2. The summed E-state index contributed by atoms with van der Waals surface area (Å²) in [6, 6.07) is -0.281. The summed E-state index contributed by atoms with van der Waals surface area (Å²) in [5.41, 5.74) is -7.64. The zero-order chi connectivity index (χ0) is 32.3. The van der Waals surface area contributed by atoms with E-state index in [1.54, 1.807) is 0 Å². The van der Waals surface area contributed by atoms with E-state index in [1.165, 1.54) is 0 Å². The lowest BCUT2D eigenvalue weighted by atomic mass is 9.48. The van der Waals surface area contributed by atoms with Gasteiger partial charge in [-0.3, -0.25) is 9.80 Å².